The molecule has 2 N–H and O–H groups in total. The summed E-state index contributed by atoms with van der Waals surface area (Å²) in [6, 6.07) is 8.22. The quantitative estimate of drug-likeness (QED) is 0.905. The lowest BCUT2D eigenvalue weighted by atomic mass is 9.96. The van der Waals surface area contributed by atoms with Gasteiger partial charge in [-0.2, -0.15) is 0 Å². The zero-order valence-electron chi connectivity index (χ0n) is 10.9. The second kappa shape index (κ2) is 6.69. The molecule has 0 aliphatic heterocycles. The minimum atomic E-state index is -0.0105. The molecule has 0 saturated heterocycles. The lowest BCUT2D eigenvalue weighted by Crippen LogP contribution is -2.31. The SMILES string of the molecule is CC(N)C(OC1CCCCC1)c1ccccc1Br. The van der Waals surface area contributed by atoms with Crippen molar-refractivity contribution in [2.75, 3.05) is 0 Å². The first-order valence-corrected chi connectivity index (χ1v) is 7.63. The Balaban J connectivity index is 2.10. The van der Waals surface area contributed by atoms with Gasteiger partial charge in [-0.05, 0) is 31.4 Å². The van der Waals surface area contributed by atoms with Crippen molar-refractivity contribution in [3.05, 3.63) is 34.3 Å². The van der Waals surface area contributed by atoms with Gasteiger partial charge in [-0.15, -0.1) is 0 Å². The van der Waals surface area contributed by atoms with E-state index in [0.717, 1.165) is 10.0 Å². The molecule has 2 nitrogen and oxygen atoms in total. The Morgan fingerprint density at radius 3 is 2.50 bits per heavy atom. The van der Waals surface area contributed by atoms with Crippen molar-refractivity contribution in [1.82, 2.24) is 0 Å². The monoisotopic (exact) mass is 311 g/mol. The van der Waals surface area contributed by atoms with Gasteiger partial charge in [0.05, 0.1) is 12.2 Å². The van der Waals surface area contributed by atoms with Crippen LogP contribution in [0.5, 0.6) is 0 Å². The van der Waals surface area contributed by atoms with Crippen LogP contribution >= 0.6 is 15.9 Å². The third-order valence-corrected chi connectivity index (χ3v) is 4.30. The van der Waals surface area contributed by atoms with Crippen LogP contribution in [0.1, 0.15) is 50.7 Å². The fraction of sp³-hybridized carbons (Fsp3) is 0.600. The molecule has 0 aromatic heterocycles. The summed E-state index contributed by atoms with van der Waals surface area (Å²) < 4.78 is 7.35. The Morgan fingerprint density at radius 1 is 1.22 bits per heavy atom. The predicted octanol–water partition coefficient (Wildman–Crippen LogP) is 4.19. The second-order valence-electron chi connectivity index (χ2n) is 5.20. The van der Waals surface area contributed by atoms with Crippen LogP contribution in [-0.2, 0) is 4.74 Å². The average Bonchev–Trinajstić information content (AvgIpc) is 2.38. The molecule has 3 heteroatoms. The number of ether oxygens (including phenoxy) is 1. The molecule has 1 saturated carbocycles. The maximum atomic E-state index is 6.26. The summed E-state index contributed by atoms with van der Waals surface area (Å²) >= 11 is 3.59. The first-order valence-electron chi connectivity index (χ1n) is 6.84. The first kappa shape index (κ1) is 14.0. The summed E-state index contributed by atoms with van der Waals surface area (Å²) in [6.45, 7) is 2.02. The van der Waals surface area contributed by atoms with Crippen LogP contribution in [0.4, 0.5) is 0 Å². The van der Waals surface area contributed by atoms with E-state index in [4.69, 9.17) is 10.5 Å². The molecule has 2 atom stereocenters. The van der Waals surface area contributed by atoms with E-state index in [2.05, 4.69) is 28.1 Å². The van der Waals surface area contributed by atoms with Crippen molar-refractivity contribution < 1.29 is 4.74 Å². The van der Waals surface area contributed by atoms with E-state index in [1.165, 1.54) is 32.1 Å². The van der Waals surface area contributed by atoms with Gasteiger partial charge in [-0.25, -0.2) is 0 Å². The van der Waals surface area contributed by atoms with E-state index < -0.39 is 0 Å². The van der Waals surface area contributed by atoms with E-state index in [0.29, 0.717) is 6.10 Å². The van der Waals surface area contributed by atoms with E-state index >= 15 is 0 Å². The molecular formula is C15H22BrNO. The lowest BCUT2D eigenvalue weighted by molar-refractivity contribution is -0.0410. The molecule has 0 amide bonds. The number of hydrogen-bond donors (Lipinski definition) is 1. The Bertz CT molecular complexity index is 375. The smallest absolute Gasteiger partial charge is 0.0987 e. The normalized spacial score (nSPS) is 20.6. The van der Waals surface area contributed by atoms with Crippen LogP contribution in [-0.4, -0.2) is 12.1 Å². The van der Waals surface area contributed by atoms with Crippen LogP contribution in [0, 0.1) is 0 Å². The Morgan fingerprint density at radius 2 is 1.89 bits per heavy atom. The third-order valence-electron chi connectivity index (χ3n) is 3.58. The van der Waals surface area contributed by atoms with Gasteiger partial charge in [0.15, 0.2) is 0 Å². The van der Waals surface area contributed by atoms with Crippen molar-refractivity contribution >= 4 is 15.9 Å². The molecule has 0 spiro atoms. The second-order valence-corrected chi connectivity index (χ2v) is 6.05. The highest BCUT2D eigenvalue weighted by molar-refractivity contribution is 9.10. The highest BCUT2D eigenvalue weighted by atomic mass is 79.9. The summed E-state index contributed by atoms with van der Waals surface area (Å²) in [6.07, 6.45) is 6.63. The zero-order chi connectivity index (χ0) is 13.0. The van der Waals surface area contributed by atoms with Gasteiger partial charge in [0, 0.05) is 10.5 Å². The van der Waals surface area contributed by atoms with Gasteiger partial charge in [0.1, 0.15) is 0 Å². The Kier molecular flexibility index (Phi) is 5.22. The summed E-state index contributed by atoms with van der Waals surface area (Å²) in [5.74, 6) is 0. The molecule has 0 radical (unpaired) electrons. The van der Waals surface area contributed by atoms with Crippen LogP contribution in [0.25, 0.3) is 0 Å². The van der Waals surface area contributed by atoms with Gasteiger partial charge in [0.2, 0.25) is 0 Å². The van der Waals surface area contributed by atoms with E-state index in [9.17, 15) is 0 Å². The van der Waals surface area contributed by atoms with Crippen molar-refractivity contribution in [2.24, 2.45) is 5.73 Å². The largest absolute Gasteiger partial charge is 0.369 e. The van der Waals surface area contributed by atoms with Crippen LogP contribution in [0.3, 0.4) is 0 Å². The molecule has 0 heterocycles. The van der Waals surface area contributed by atoms with E-state index in [1.807, 2.05) is 19.1 Å². The van der Waals surface area contributed by atoms with E-state index in [1.54, 1.807) is 0 Å². The standard InChI is InChI=1S/C15H22BrNO/c1-11(17)15(13-9-5-6-10-14(13)16)18-12-7-3-2-4-8-12/h5-6,9-12,15H,2-4,7-8,17H2,1H3. The van der Waals surface area contributed by atoms with Crippen LogP contribution in [0.15, 0.2) is 28.7 Å². The number of halogens is 1. The summed E-state index contributed by atoms with van der Waals surface area (Å²) in [7, 11) is 0. The molecule has 1 aliphatic carbocycles. The highest BCUT2D eigenvalue weighted by Crippen LogP contribution is 2.32. The molecular weight excluding hydrogens is 290 g/mol. The maximum Gasteiger partial charge on any atom is 0.0987 e. The zero-order valence-corrected chi connectivity index (χ0v) is 12.5. The molecule has 18 heavy (non-hydrogen) atoms. The van der Waals surface area contributed by atoms with Crippen LogP contribution in [0.2, 0.25) is 0 Å². The molecule has 1 aliphatic rings. The molecule has 2 unspecified atom stereocenters. The fourth-order valence-electron chi connectivity index (χ4n) is 2.59. The summed E-state index contributed by atoms with van der Waals surface area (Å²) in [5.41, 5.74) is 7.27. The van der Waals surface area contributed by atoms with Gasteiger partial charge in [-0.1, -0.05) is 53.4 Å². The Hall–Kier alpha value is -0.380. The lowest BCUT2D eigenvalue weighted by Gasteiger charge is -2.30. The average molecular weight is 312 g/mol. The van der Waals surface area contributed by atoms with E-state index in [-0.39, 0.29) is 12.1 Å². The van der Waals surface area contributed by atoms with Crippen LogP contribution < -0.4 is 5.73 Å². The minimum Gasteiger partial charge on any atom is -0.369 e. The molecule has 0 bridgehead atoms. The number of hydrogen-bond acceptors (Lipinski definition) is 2. The molecule has 1 aromatic carbocycles. The van der Waals surface area contributed by atoms with Gasteiger partial charge in [-0.3, -0.25) is 0 Å². The summed E-state index contributed by atoms with van der Waals surface area (Å²) in [4.78, 5) is 0. The maximum absolute atomic E-state index is 6.26. The van der Waals surface area contributed by atoms with Gasteiger partial charge < -0.3 is 10.5 Å². The fourth-order valence-corrected chi connectivity index (χ4v) is 3.11. The first-order chi connectivity index (χ1) is 8.68. The minimum absolute atomic E-state index is 0.00521. The molecule has 1 fully saturated rings. The predicted molar refractivity (Wildman–Crippen MR) is 78.5 cm³/mol. The Labute approximate surface area is 118 Å². The van der Waals surface area contributed by atoms with Gasteiger partial charge >= 0.3 is 0 Å². The topological polar surface area (TPSA) is 35.2 Å². The van der Waals surface area contributed by atoms with Crippen molar-refractivity contribution in [3.8, 4) is 0 Å². The highest BCUT2D eigenvalue weighted by Gasteiger charge is 2.24. The third kappa shape index (κ3) is 3.56. The van der Waals surface area contributed by atoms with Gasteiger partial charge in [0.25, 0.3) is 0 Å². The van der Waals surface area contributed by atoms with Crippen molar-refractivity contribution in [1.29, 1.82) is 0 Å². The van der Waals surface area contributed by atoms with Crippen molar-refractivity contribution in [3.63, 3.8) is 0 Å². The molecule has 1 aromatic rings. The number of rotatable bonds is 4. The van der Waals surface area contributed by atoms with Crippen molar-refractivity contribution in [2.45, 2.75) is 57.3 Å². The number of nitrogens with two attached hydrogens (primary N) is 1. The number of benzene rings is 1. The molecule has 100 valence electrons. The summed E-state index contributed by atoms with van der Waals surface area (Å²) in [5, 5.41) is 0. The molecule has 2 rings (SSSR count).